The van der Waals surface area contributed by atoms with Crippen LogP contribution in [0.25, 0.3) is 27.3 Å². The Morgan fingerprint density at radius 3 is 2.66 bits per heavy atom. The zero-order chi connectivity index (χ0) is 20.4. The van der Waals surface area contributed by atoms with Gasteiger partial charge in [0, 0.05) is 12.2 Å². The number of pyridine rings is 1. The summed E-state index contributed by atoms with van der Waals surface area (Å²) in [5.41, 5.74) is 3.15. The van der Waals surface area contributed by atoms with E-state index in [4.69, 9.17) is 0 Å². The smallest absolute Gasteiger partial charge is 0.199 e. The van der Waals surface area contributed by atoms with Crippen molar-refractivity contribution >= 4 is 33.0 Å². The Bertz CT molecular complexity index is 1180. The first kappa shape index (κ1) is 19.5. The number of anilines is 1. The fourth-order valence-corrected chi connectivity index (χ4v) is 4.21. The third kappa shape index (κ3) is 3.60. The molecule has 152 valence electrons. The van der Waals surface area contributed by atoms with Crippen LogP contribution in [0.5, 0.6) is 5.75 Å². The zero-order valence-electron chi connectivity index (χ0n) is 17.1. The molecule has 0 saturated carbocycles. The molecule has 4 aromatic rings. The minimum Gasteiger partial charge on any atom is -0.508 e. The number of phenolic OH excluding ortho intramolecular Hbond substituents is 1. The lowest BCUT2D eigenvalue weighted by Crippen LogP contribution is -2.27. The normalized spacial score (nSPS) is 12.0. The summed E-state index contributed by atoms with van der Waals surface area (Å²) in [7, 11) is 0. The molecule has 6 heteroatoms. The number of hydrogen-bond donors (Lipinski definition) is 2. The van der Waals surface area contributed by atoms with Gasteiger partial charge in [-0.1, -0.05) is 13.8 Å². The molecule has 0 radical (unpaired) electrons. The monoisotopic (exact) mass is 392 g/mol. The lowest BCUT2D eigenvalue weighted by atomic mass is 10.1. The Morgan fingerprint density at radius 2 is 1.90 bits per heavy atom. The molecule has 29 heavy (non-hydrogen) atoms. The van der Waals surface area contributed by atoms with Crippen LogP contribution in [0.1, 0.15) is 33.1 Å². The molecule has 0 spiro atoms. The van der Waals surface area contributed by atoms with E-state index in [2.05, 4.69) is 29.0 Å². The Kier molecular flexibility index (Phi) is 5.53. The number of aromatic hydroxyl groups is 1. The van der Waals surface area contributed by atoms with E-state index in [1.54, 1.807) is 18.5 Å². The first-order valence-corrected chi connectivity index (χ1v) is 10.5. The van der Waals surface area contributed by atoms with Crippen LogP contribution in [0.2, 0.25) is 0 Å². The second-order valence-electron chi connectivity index (χ2n) is 7.62. The first-order chi connectivity index (χ1) is 14.1. The molecular formula is C23H28N4O2. The van der Waals surface area contributed by atoms with Crippen LogP contribution in [0.3, 0.4) is 0 Å². The number of benzene rings is 2. The highest BCUT2D eigenvalue weighted by atomic mass is 16.3. The van der Waals surface area contributed by atoms with Crippen molar-refractivity contribution in [2.75, 3.05) is 31.5 Å². The highest BCUT2D eigenvalue weighted by Crippen LogP contribution is 2.29. The third-order valence-electron chi connectivity index (χ3n) is 5.47. The number of imidazole rings is 1. The first-order valence-electron chi connectivity index (χ1n) is 10.5. The van der Waals surface area contributed by atoms with Crippen molar-refractivity contribution in [3.05, 3.63) is 46.9 Å². The molecular weight excluding hydrogens is 364 g/mol. The van der Waals surface area contributed by atoms with Gasteiger partial charge in [-0.15, -0.1) is 0 Å². The van der Waals surface area contributed by atoms with Crippen molar-refractivity contribution in [2.45, 2.75) is 33.1 Å². The maximum Gasteiger partial charge on any atom is 0.199 e. The molecule has 6 nitrogen and oxygen atoms in total. The minimum atomic E-state index is -0.0735. The van der Waals surface area contributed by atoms with Crippen molar-refractivity contribution in [1.82, 2.24) is 14.3 Å². The maximum absolute atomic E-state index is 13.3. The predicted octanol–water partition coefficient (Wildman–Crippen LogP) is 4.07. The van der Waals surface area contributed by atoms with Crippen molar-refractivity contribution in [1.29, 1.82) is 0 Å². The third-order valence-corrected chi connectivity index (χ3v) is 5.47. The van der Waals surface area contributed by atoms with Crippen molar-refractivity contribution in [2.24, 2.45) is 0 Å². The topological polar surface area (TPSA) is 69.9 Å². The number of rotatable bonds is 9. The fraction of sp³-hybridized carbons (Fsp3) is 0.391. The molecule has 4 rings (SSSR count). The molecule has 2 N–H and O–H groups in total. The number of aromatic nitrogens is 2. The van der Waals surface area contributed by atoms with Gasteiger partial charge >= 0.3 is 0 Å². The lowest BCUT2D eigenvalue weighted by molar-refractivity contribution is 0.274. The zero-order valence-corrected chi connectivity index (χ0v) is 17.1. The fourth-order valence-electron chi connectivity index (χ4n) is 4.21. The summed E-state index contributed by atoms with van der Waals surface area (Å²) in [6, 6.07) is 8.80. The second kappa shape index (κ2) is 8.25. The summed E-state index contributed by atoms with van der Waals surface area (Å²) in [5.74, 6) is 0.0919. The summed E-state index contributed by atoms with van der Waals surface area (Å²) in [4.78, 5) is 20.2. The van der Waals surface area contributed by atoms with Crippen LogP contribution in [0.4, 0.5) is 5.69 Å². The van der Waals surface area contributed by atoms with Gasteiger partial charge in [0.1, 0.15) is 12.1 Å². The van der Waals surface area contributed by atoms with Gasteiger partial charge in [-0.3, -0.25) is 9.20 Å². The molecule has 0 atom stereocenters. The Balaban J connectivity index is 1.65. The standard InChI is InChI=1S/C23H28N4O2/c1-3-11-26(12-4-2)13-5-10-24-18-7-8-19-22-21(18)23(29)17-14-16(28)6-9-20(17)27(22)15-25-19/h6-9,14-15,24,28H,3-5,10-13H2,1-2H3. The van der Waals surface area contributed by atoms with E-state index in [9.17, 15) is 9.90 Å². The summed E-state index contributed by atoms with van der Waals surface area (Å²) >= 11 is 0. The van der Waals surface area contributed by atoms with Crippen molar-refractivity contribution in [3.63, 3.8) is 0 Å². The van der Waals surface area contributed by atoms with E-state index in [0.717, 1.165) is 54.8 Å². The van der Waals surface area contributed by atoms with Gasteiger partial charge in [0.25, 0.3) is 0 Å². The van der Waals surface area contributed by atoms with Crippen LogP contribution in [0.15, 0.2) is 41.5 Å². The maximum atomic E-state index is 13.3. The van der Waals surface area contributed by atoms with Crippen LogP contribution < -0.4 is 10.7 Å². The highest BCUT2D eigenvalue weighted by Gasteiger charge is 2.16. The summed E-state index contributed by atoms with van der Waals surface area (Å²) in [5, 5.41) is 14.5. The summed E-state index contributed by atoms with van der Waals surface area (Å²) in [6.07, 6.45) is 5.09. The number of phenols is 1. The predicted molar refractivity (Wildman–Crippen MR) is 119 cm³/mol. The van der Waals surface area contributed by atoms with Crippen LogP contribution in [0, 0.1) is 0 Å². The molecule has 0 unspecified atom stereocenters. The Hall–Kier alpha value is -2.86. The van der Waals surface area contributed by atoms with Gasteiger partial charge in [-0.05, 0) is 69.2 Å². The van der Waals surface area contributed by atoms with Crippen LogP contribution in [-0.4, -0.2) is 45.6 Å². The van der Waals surface area contributed by atoms with Gasteiger partial charge in [-0.2, -0.15) is 0 Å². The Labute approximate surface area is 170 Å². The van der Waals surface area contributed by atoms with E-state index in [1.807, 2.05) is 16.5 Å². The van der Waals surface area contributed by atoms with Crippen LogP contribution in [-0.2, 0) is 0 Å². The molecule has 2 heterocycles. The molecule has 0 bridgehead atoms. The minimum absolute atomic E-state index is 0.0735. The average molecular weight is 393 g/mol. The highest BCUT2D eigenvalue weighted by molar-refractivity contribution is 6.07. The average Bonchev–Trinajstić information content (AvgIpc) is 3.14. The number of nitrogens with one attached hydrogen (secondary N) is 1. The molecule has 0 aliphatic rings. The number of nitrogens with zero attached hydrogens (tertiary/aromatic N) is 3. The second-order valence-corrected chi connectivity index (χ2v) is 7.62. The van der Waals surface area contributed by atoms with Gasteiger partial charge in [0.2, 0.25) is 0 Å². The van der Waals surface area contributed by atoms with E-state index in [-0.39, 0.29) is 11.2 Å². The molecule has 0 aliphatic carbocycles. The quantitative estimate of drug-likeness (QED) is 0.332. The van der Waals surface area contributed by atoms with E-state index in [1.165, 1.54) is 18.9 Å². The Morgan fingerprint density at radius 1 is 1.10 bits per heavy atom. The lowest BCUT2D eigenvalue weighted by Gasteiger charge is -2.21. The van der Waals surface area contributed by atoms with E-state index in [0.29, 0.717) is 10.8 Å². The molecule has 0 amide bonds. The van der Waals surface area contributed by atoms with Gasteiger partial charge < -0.3 is 15.3 Å². The van der Waals surface area contributed by atoms with E-state index >= 15 is 0 Å². The number of hydrogen-bond acceptors (Lipinski definition) is 5. The summed E-state index contributed by atoms with van der Waals surface area (Å²) < 4.78 is 1.94. The largest absolute Gasteiger partial charge is 0.508 e. The molecule has 0 fully saturated rings. The van der Waals surface area contributed by atoms with Gasteiger partial charge in [-0.25, -0.2) is 4.98 Å². The SMILES string of the molecule is CCCN(CCC)CCCNc1ccc2ncn3c4ccc(O)cc4c(=O)c1c23. The molecule has 2 aromatic heterocycles. The van der Waals surface area contributed by atoms with Crippen molar-refractivity contribution in [3.8, 4) is 5.75 Å². The van der Waals surface area contributed by atoms with Gasteiger partial charge in [0.15, 0.2) is 5.43 Å². The van der Waals surface area contributed by atoms with Crippen LogP contribution >= 0.6 is 0 Å². The van der Waals surface area contributed by atoms with Gasteiger partial charge in [0.05, 0.1) is 27.3 Å². The number of fused-ring (bicyclic) bond motifs is 2. The van der Waals surface area contributed by atoms with E-state index < -0.39 is 0 Å². The molecule has 0 aliphatic heterocycles. The van der Waals surface area contributed by atoms with Crippen molar-refractivity contribution < 1.29 is 5.11 Å². The molecule has 2 aromatic carbocycles. The summed E-state index contributed by atoms with van der Waals surface area (Å²) in [6.45, 7) is 8.54. The molecule has 0 saturated heterocycles.